The van der Waals surface area contributed by atoms with Crippen LogP contribution < -0.4 is 5.32 Å². The van der Waals surface area contributed by atoms with Crippen LogP contribution in [0.1, 0.15) is 17.7 Å². The van der Waals surface area contributed by atoms with Crippen LogP contribution in [0, 0.1) is 12.8 Å². The van der Waals surface area contributed by atoms with Gasteiger partial charge in [0.1, 0.15) is 5.76 Å². The summed E-state index contributed by atoms with van der Waals surface area (Å²) >= 11 is 0. The molecule has 3 rings (SSSR count). The lowest BCUT2D eigenvalue weighted by atomic mass is 10.1. The number of rotatable bonds is 4. The highest BCUT2D eigenvalue weighted by atomic mass is 16.3. The van der Waals surface area contributed by atoms with E-state index < -0.39 is 0 Å². The van der Waals surface area contributed by atoms with Crippen molar-refractivity contribution in [3.63, 3.8) is 0 Å². The third-order valence-electron chi connectivity index (χ3n) is 3.92. The summed E-state index contributed by atoms with van der Waals surface area (Å²) in [7, 11) is 0. The molecule has 1 atom stereocenters. The molecule has 1 aliphatic heterocycles. The van der Waals surface area contributed by atoms with Crippen molar-refractivity contribution in [1.29, 1.82) is 0 Å². The van der Waals surface area contributed by atoms with Crippen LogP contribution in [0.25, 0.3) is 0 Å². The summed E-state index contributed by atoms with van der Waals surface area (Å²) in [6, 6.07) is 11.2. The van der Waals surface area contributed by atoms with Crippen LogP contribution in [0.5, 0.6) is 0 Å². The number of para-hydroxylation sites is 1. The van der Waals surface area contributed by atoms with Crippen LogP contribution >= 0.6 is 0 Å². The third-order valence-corrected chi connectivity index (χ3v) is 3.92. The molecular formula is C17H18N2O3. The fourth-order valence-electron chi connectivity index (χ4n) is 2.64. The number of furan rings is 1. The number of benzene rings is 1. The van der Waals surface area contributed by atoms with Crippen molar-refractivity contribution in [3.8, 4) is 0 Å². The predicted octanol–water partition coefficient (Wildman–Crippen LogP) is 2.58. The van der Waals surface area contributed by atoms with Crippen molar-refractivity contribution in [3.05, 3.63) is 54.0 Å². The Kier molecular flexibility index (Phi) is 3.96. The molecule has 5 nitrogen and oxygen atoms in total. The highest BCUT2D eigenvalue weighted by Crippen LogP contribution is 2.23. The molecule has 0 spiro atoms. The van der Waals surface area contributed by atoms with Gasteiger partial charge in [-0.15, -0.1) is 0 Å². The Labute approximate surface area is 128 Å². The van der Waals surface area contributed by atoms with Crippen LogP contribution in [-0.2, 0) is 16.1 Å². The SMILES string of the molecule is Cc1ccccc1NC(=O)[C@H]1CC(=O)N(Cc2ccco2)C1. The van der Waals surface area contributed by atoms with Crippen molar-refractivity contribution in [2.24, 2.45) is 5.92 Å². The second-order valence-electron chi connectivity index (χ2n) is 5.56. The molecule has 0 unspecified atom stereocenters. The van der Waals surface area contributed by atoms with Crippen molar-refractivity contribution >= 4 is 17.5 Å². The molecular weight excluding hydrogens is 280 g/mol. The van der Waals surface area contributed by atoms with Crippen molar-refractivity contribution in [2.45, 2.75) is 19.9 Å². The number of nitrogens with one attached hydrogen (secondary N) is 1. The smallest absolute Gasteiger partial charge is 0.229 e. The van der Waals surface area contributed by atoms with Gasteiger partial charge in [-0.25, -0.2) is 0 Å². The van der Waals surface area contributed by atoms with E-state index in [0.29, 0.717) is 13.1 Å². The van der Waals surface area contributed by atoms with Gasteiger partial charge in [-0.3, -0.25) is 9.59 Å². The molecule has 1 aliphatic rings. The molecule has 5 heteroatoms. The number of carbonyl (C=O) groups excluding carboxylic acids is 2. The van der Waals surface area contributed by atoms with Crippen molar-refractivity contribution < 1.29 is 14.0 Å². The Bertz CT molecular complexity index is 679. The molecule has 22 heavy (non-hydrogen) atoms. The van der Waals surface area contributed by atoms with E-state index in [0.717, 1.165) is 17.0 Å². The van der Waals surface area contributed by atoms with E-state index in [-0.39, 0.29) is 24.2 Å². The molecule has 1 aromatic heterocycles. The first-order valence-corrected chi connectivity index (χ1v) is 7.30. The highest BCUT2D eigenvalue weighted by Gasteiger charge is 2.34. The Balaban J connectivity index is 1.62. The number of aryl methyl sites for hydroxylation is 1. The van der Waals surface area contributed by atoms with E-state index in [2.05, 4.69) is 5.32 Å². The largest absolute Gasteiger partial charge is 0.467 e. The Morgan fingerprint density at radius 2 is 2.14 bits per heavy atom. The average Bonchev–Trinajstić information content (AvgIpc) is 3.13. The topological polar surface area (TPSA) is 62.6 Å². The average molecular weight is 298 g/mol. The summed E-state index contributed by atoms with van der Waals surface area (Å²) in [5.41, 5.74) is 1.80. The standard InChI is InChI=1S/C17H18N2O3/c1-12-5-2-3-7-15(12)18-17(21)13-9-16(20)19(10-13)11-14-6-4-8-22-14/h2-8,13H,9-11H2,1H3,(H,18,21)/t13-/m0/s1. The maximum absolute atomic E-state index is 12.3. The predicted molar refractivity (Wildman–Crippen MR) is 82.0 cm³/mol. The third kappa shape index (κ3) is 3.03. The van der Waals surface area contributed by atoms with Gasteiger partial charge >= 0.3 is 0 Å². The van der Waals surface area contributed by atoms with Gasteiger partial charge in [0.15, 0.2) is 0 Å². The monoisotopic (exact) mass is 298 g/mol. The minimum Gasteiger partial charge on any atom is -0.467 e. The molecule has 0 radical (unpaired) electrons. The molecule has 0 saturated carbocycles. The second kappa shape index (κ2) is 6.05. The van der Waals surface area contributed by atoms with Gasteiger partial charge in [0.25, 0.3) is 0 Å². The van der Waals surface area contributed by atoms with Gasteiger partial charge in [-0.1, -0.05) is 18.2 Å². The fraction of sp³-hybridized carbons (Fsp3) is 0.294. The van der Waals surface area contributed by atoms with E-state index in [1.54, 1.807) is 17.2 Å². The number of nitrogens with zero attached hydrogens (tertiary/aromatic N) is 1. The quantitative estimate of drug-likeness (QED) is 0.943. The summed E-state index contributed by atoms with van der Waals surface area (Å²) < 4.78 is 5.26. The molecule has 114 valence electrons. The summed E-state index contributed by atoms with van der Waals surface area (Å²) in [5.74, 6) is 0.293. The second-order valence-corrected chi connectivity index (χ2v) is 5.56. The van der Waals surface area contributed by atoms with Crippen molar-refractivity contribution in [1.82, 2.24) is 4.90 Å². The van der Waals surface area contributed by atoms with Crippen LogP contribution in [0.2, 0.25) is 0 Å². The molecule has 0 aliphatic carbocycles. The summed E-state index contributed by atoms with van der Waals surface area (Å²) in [4.78, 5) is 26.1. The van der Waals surface area contributed by atoms with E-state index in [1.165, 1.54) is 0 Å². The Hall–Kier alpha value is -2.56. The first-order valence-electron chi connectivity index (χ1n) is 7.30. The van der Waals surface area contributed by atoms with E-state index in [4.69, 9.17) is 4.42 Å². The molecule has 1 aromatic carbocycles. The Morgan fingerprint density at radius 3 is 2.86 bits per heavy atom. The zero-order valence-electron chi connectivity index (χ0n) is 12.4. The number of hydrogen-bond acceptors (Lipinski definition) is 3. The molecule has 1 N–H and O–H groups in total. The lowest BCUT2D eigenvalue weighted by molar-refractivity contribution is -0.128. The summed E-state index contributed by atoms with van der Waals surface area (Å²) in [6.45, 7) is 2.79. The fourth-order valence-corrected chi connectivity index (χ4v) is 2.64. The number of hydrogen-bond donors (Lipinski definition) is 1. The van der Waals surface area contributed by atoms with E-state index in [1.807, 2.05) is 37.3 Å². The molecule has 1 saturated heterocycles. The normalized spacial score (nSPS) is 17.8. The van der Waals surface area contributed by atoms with E-state index >= 15 is 0 Å². The van der Waals surface area contributed by atoms with Gasteiger partial charge < -0.3 is 14.6 Å². The van der Waals surface area contributed by atoms with Gasteiger partial charge in [0.05, 0.1) is 18.7 Å². The van der Waals surface area contributed by atoms with Crippen LogP contribution in [0.15, 0.2) is 47.1 Å². The maximum atomic E-state index is 12.3. The number of carbonyl (C=O) groups is 2. The minimum absolute atomic E-state index is 0.0127. The molecule has 2 heterocycles. The number of amides is 2. The van der Waals surface area contributed by atoms with Gasteiger partial charge in [-0.2, -0.15) is 0 Å². The number of likely N-dealkylation sites (tertiary alicyclic amines) is 1. The Morgan fingerprint density at radius 1 is 1.32 bits per heavy atom. The first kappa shape index (κ1) is 14.4. The zero-order valence-corrected chi connectivity index (χ0v) is 12.4. The number of anilines is 1. The lowest BCUT2D eigenvalue weighted by Crippen LogP contribution is -2.28. The lowest BCUT2D eigenvalue weighted by Gasteiger charge is -2.15. The molecule has 2 aromatic rings. The van der Waals surface area contributed by atoms with Gasteiger partial charge in [0.2, 0.25) is 11.8 Å². The summed E-state index contributed by atoms with van der Waals surface area (Å²) in [6.07, 6.45) is 1.83. The van der Waals surface area contributed by atoms with Crippen LogP contribution in [0.3, 0.4) is 0 Å². The van der Waals surface area contributed by atoms with E-state index in [9.17, 15) is 9.59 Å². The first-order chi connectivity index (χ1) is 10.6. The van der Waals surface area contributed by atoms with Crippen LogP contribution in [-0.4, -0.2) is 23.3 Å². The minimum atomic E-state index is -0.318. The molecule has 1 fully saturated rings. The highest BCUT2D eigenvalue weighted by molar-refractivity contribution is 5.97. The molecule has 2 amide bonds. The van der Waals surface area contributed by atoms with Crippen molar-refractivity contribution in [2.75, 3.05) is 11.9 Å². The maximum Gasteiger partial charge on any atom is 0.229 e. The summed E-state index contributed by atoms with van der Waals surface area (Å²) in [5, 5.41) is 2.91. The van der Waals surface area contributed by atoms with Gasteiger partial charge in [0, 0.05) is 18.7 Å². The van der Waals surface area contributed by atoms with Crippen LogP contribution in [0.4, 0.5) is 5.69 Å². The zero-order chi connectivity index (χ0) is 15.5. The molecule has 0 bridgehead atoms. The van der Waals surface area contributed by atoms with Gasteiger partial charge in [-0.05, 0) is 30.7 Å².